The van der Waals surface area contributed by atoms with E-state index in [1.807, 2.05) is 47.0 Å². The van der Waals surface area contributed by atoms with E-state index >= 15 is 0 Å². The molecule has 192 valence electrons. The molecule has 2 aliphatic rings. The summed E-state index contributed by atoms with van der Waals surface area (Å²) in [6.07, 6.45) is 2.00. The number of ketones is 1. The molecule has 0 aromatic heterocycles. The summed E-state index contributed by atoms with van der Waals surface area (Å²) in [4.78, 5) is 15.5. The average Bonchev–Trinajstić information content (AvgIpc) is 2.91. The van der Waals surface area contributed by atoms with Crippen LogP contribution in [-0.4, -0.2) is 5.78 Å². The minimum Gasteiger partial charge on any atom is -0.384 e. The third-order valence-electron chi connectivity index (χ3n) is 7.39. The minimum absolute atomic E-state index is 0.106. The first-order valence-corrected chi connectivity index (χ1v) is 14.8. The van der Waals surface area contributed by atoms with Crippen molar-refractivity contribution in [3.05, 3.63) is 122 Å². The van der Waals surface area contributed by atoms with E-state index in [2.05, 4.69) is 72.2 Å². The Bertz CT molecular complexity index is 1500. The van der Waals surface area contributed by atoms with Gasteiger partial charge in [0.05, 0.1) is 23.2 Å². The van der Waals surface area contributed by atoms with Gasteiger partial charge >= 0.3 is 0 Å². The van der Waals surface area contributed by atoms with Gasteiger partial charge in [0.1, 0.15) is 5.82 Å². The molecule has 1 unspecified atom stereocenters. The number of thioether (sulfide) groups is 1. The van der Waals surface area contributed by atoms with Crippen LogP contribution in [0.1, 0.15) is 53.0 Å². The van der Waals surface area contributed by atoms with Crippen LogP contribution >= 0.6 is 27.7 Å². The van der Waals surface area contributed by atoms with Crippen molar-refractivity contribution >= 4 is 39.2 Å². The number of aryl methyl sites for hydroxylation is 1. The van der Waals surface area contributed by atoms with E-state index in [-0.39, 0.29) is 5.78 Å². The first-order chi connectivity index (χ1) is 18.4. The molecule has 0 saturated carbocycles. The number of nitrogens with zero attached hydrogens (tertiary/aromatic N) is 2. The standard InChI is InChI=1S/C32H30BrN3OS/c1-20-15-23(19-38-18-22-9-4-3-5-10-22)21(2)24(16-20)30-25(17-34)32(35)36(27-12-7-6-11-26(27)33)28-13-8-14-29(37)31(28)30/h3-7,9-12,15-16,30H,8,13-14,18-19,35H2,1-2H3. The quantitative estimate of drug-likeness (QED) is 0.320. The van der Waals surface area contributed by atoms with Crippen LogP contribution in [-0.2, 0) is 16.3 Å². The van der Waals surface area contributed by atoms with E-state index in [1.165, 1.54) is 11.1 Å². The summed E-state index contributed by atoms with van der Waals surface area (Å²) in [5.74, 6) is 1.83. The van der Waals surface area contributed by atoms with Crippen molar-refractivity contribution in [2.75, 3.05) is 4.90 Å². The molecule has 0 radical (unpaired) electrons. The number of hydrogen-bond acceptors (Lipinski definition) is 5. The highest BCUT2D eigenvalue weighted by Crippen LogP contribution is 2.48. The number of rotatable bonds is 6. The van der Waals surface area contributed by atoms with Gasteiger partial charge in [0, 0.05) is 33.7 Å². The zero-order chi connectivity index (χ0) is 26.8. The molecule has 1 heterocycles. The Balaban J connectivity index is 1.60. The van der Waals surface area contributed by atoms with E-state index in [4.69, 9.17) is 5.73 Å². The number of nitriles is 1. The second-order valence-electron chi connectivity index (χ2n) is 9.88. The van der Waals surface area contributed by atoms with E-state index in [1.54, 1.807) is 0 Å². The summed E-state index contributed by atoms with van der Waals surface area (Å²) in [7, 11) is 0. The van der Waals surface area contributed by atoms with Crippen molar-refractivity contribution in [3.63, 3.8) is 0 Å². The number of carbonyl (C=O) groups is 1. The average molecular weight is 585 g/mol. The van der Waals surface area contributed by atoms with Gasteiger partial charge in [-0.2, -0.15) is 17.0 Å². The van der Waals surface area contributed by atoms with Crippen molar-refractivity contribution in [1.82, 2.24) is 0 Å². The lowest BCUT2D eigenvalue weighted by Crippen LogP contribution is -2.39. The fourth-order valence-electron chi connectivity index (χ4n) is 5.57. The van der Waals surface area contributed by atoms with Crippen molar-refractivity contribution in [3.8, 4) is 6.07 Å². The van der Waals surface area contributed by atoms with Crippen molar-refractivity contribution in [2.45, 2.75) is 50.5 Å². The molecule has 0 amide bonds. The topological polar surface area (TPSA) is 70.1 Å². The molecule has 0 fully saturated rings. The molecule has 1 aliphatic carbocycles. The molecule has 6 heteroatoms. The summed E-state index contributed by atoms with van der Waals surface area (Å²) in [6, 6.07) is 25.1. The fraction of sp³-hybridized carbons (Fsp3) is 0.250. The molecular formula is C32H30BrN3OS. The van der Waals surface area contributed by atoms with Crippen LogP contribution in [0.25, 0.3) is 0 Å². The van der Waals surface area contributed by atoms with Crippen LogP contribution in [0.15, 0.2) is 93.9 Å². The van der Waals surface area contributed by atoms with Crippen molar-refractivity contribution < 1.29 is 4.79 Å². The zero-order valence-electron chi connectivity index (χ0n) is 21.6. The van der Waals surface area contributed by atoms with Gasteiger partial charge in [-0.15, -0.1) is 0 Å². The van der Waals surface area contributed by atoms with Gasteiger partial charge in [0.25, 0.3) is 0 Å². The summed E-state index contributed by atoms with van der Waals surface area (Å²) in [6.45, 7) is 4.20. The summed E-state index contributed by atoms with van der Waals surface area (Å²) in [5.41, 5.74) is 15.5. The first-order valence-electron chi connectivity index (χ1n) is 12.8. The predicted octanol–water partition coefficient (Wildman–Crippen LogP) is 7.80. The highest BCUT2D eigenvalue weighted by molar-refractivity contribution is 9.10. The normalized spacial score (nSPS) is 17.5. The molecule has 1 atom stereocenters. The maximum Gasteiger partial charge on any atom is 0.161 e. The summed E-state index contributed by atoms with van der Waals surface area (Å²) >= 11 is 5.53. The largest absolute Gasteiger partial charge is 0.384 e. The number of hydrogen-bond donors (Lipinski definition) is 1. The lowest BCUT2D eigenvalue weighted by Gasteiger charge is -2.40. The third kappa shape index (κ3) is 4.93. The molecule has 2 N–H and O–H groups in total. The van der Waals surface area contributed by atoms with Crippen LogP contribution in [0.5, 0.6) is 0 Å². The lowest BCUT2D eigenvalue weighted by molar-refractivity contribution is -0.116. The maximum absolute atomic E-state index is 13.6. The molecule has 0 bridgehead atoms. The second kappa shape index (κ2) is 11.2. The molecule has 0 spiro atoms. The maximum atomic E-state index is 13.6. The van der Waals surface area contributed by atoms with Gasteiger partial charge in [0.2, 0.25) is 0 Å². The highest BCUT2D eigenvalue weighted by Gasteiger charge is 2.41. The number of carbonyl (C=O) groups excluding carboxylic acids is 1. The number of halogens is 1. The van der Waals surface area contributed by atoms with E-state index < -0.39 is 5.92 Å². The van der Waals surface area contributed by atoms with E-state index in [9.17, 15) is 10.1 Å². The monoisotopic (exact) mass is 583 g/mol. The van der Waals surface area contributed by atoms with Crippen LogP contribution in [0, 0.1) is 25.2 Å². The third-order valence-corrected chi connectivity index (χ3v) is 9.11. The number of Topliss-reactive ketones (excluding diaryl/α,β-unsaturated/α-hetero) is 1. The van der Waals surface area contributed by atoms with Crippen LogP contribution in [0.3, 0.4) is 0 Å². The molecule has 1 aliphatic heterocycles. The van der Waals surface area contributed by atoms with Gasteiger partial charge in [-0.05, 0) is 77.0 Å². The Morgan fingerprint density at radius 3 is 2.53 bits per heavy atom. The first kappa shape index (κ1) is 26.3. The molecule has 3 aromatic carbocycles. The van der Waals surface area contributed by atoms with E-state index in [0.29, 0.717) is 23.4 Å². The van der Waals surface area contributed by atoms with Gasteiger partial charge in [-0.1, -0.05) is 60.2 Å². The highest BCUT2D eigenvalue weighted by atomic mass is 79.9. The molecule has 0 saturated heterocycles. The zero-order valence-corrected chi connectivity index (χ0v) is 24.0. The Kier molecular flexibility index (Phi) is 7.78. The Morgan fingerprint density at radius 2 is 1.79 bits per heavy atom. The van der Waals surface area contributed by atoms with Crippen molar-refractivity contribution in [1.29, 1.82) is 5.26 Å². The molecule has 3 aromatic rings. The van der Waals surface area contributed by atoms with Crippen LogP contribution in [0.2, 0.25) is 0 Å². The van der Waals surface area contributed by atoms with Gasteiger partial charge in [-0.3, -0.25) is 9.69 Å². The smallest absolute Gasteiger partial charge is 0.161 e. The number of allylic oxidation sites excluding steroid dienone is 3. The second-order valence-corrected chi connectivity index (χ2v) is 11.7. The van der Waals surface area contributed by atoms with Gasteiger partial charge in [-0.25, -0.2) is 0 Å². The summed E-state index contributed by atoms with van der Waals surface area (Å²) < 4.78 is 0.869. The number of anilines is 1. The summed E-state index contributed by atoms with van der Waals surface area (Å²) in [5, 5.41) is 10.4. The number of para-hydroxylation sites is 1. The predicted molar refractivity (Wildman–Crippen MR) is 159 cm³/mol. The lowest BCUT2D eigenvalue weighted by atomic mass is 9.73. The van der Waals surface area contributed by atoms with E-state index in [0.717, 1.165) is 56.9 Å². The van der Waals surface area contributed by atoms with Gasteiger partial charge in [0.15, 0.2) is 5.78 Å². The Morgan fingerprint density at radius 1 is 1.05 bits per heavy atom. The fourth-order valence-corrected chi connectivity index (χ4v) is 7.08. The molecular weight excluding hydrogens is 554 g/mol. The molecule has 38 heavy (non-hydrogen) atoms. The number of nitrogens with two attached hydrogens (primary N) is 1. The number of benzene rings is 3. The van der Waals surface area contributed by atoms with Crippen LogP contribution in [0.4, 0.5) is 5.69 Å². The molecule has 5 rings (SSSR count). The van der Waals surface area contributed by atoms with Crippen molar-refractivity contribution in [2.24, 2.45) is 5.73 Å². The van der Waals surface area contributed by atoms with Crippen LogP contribution < -0.4 is 10.6 Å². The Labute approximate surface area is 237 Å². The Hall–Kier alpha value is -3.27. The SMILES string of the molecule is Cc1cc(CSCc2ccccc2)c(C)c(C2C(C#N)=C(N)N(c3ccccc3Br)C3=C2C(=O)CCC3)c1. The minimum atomic E-state index is -0.459. The van der Waals surface area contributed by atoms with Gasteiger partial charge < -0.3 is 5.73 Å². The molecule has 4 nitrogen and oxygen atoms in total.